The van der Waals surface area contributed by atoms with Crippen LogP contribution in [-0.4, -0.2) is 61.7 Å². The average molecular weight is 424 g/mol. The van der Waals surface area contributed by atoms with E-state index in [0.717, 1.165) is 12.8 Å². The molecule has 2 aromatic rings. The molecule has 0 aliphatic carbocycles. The van der Waals surface area contributed by atoms with Gasteiger partial charge in [0.05, 0.1) is 17.3 Å². The lowest BCUT2D eigenvalue weighted by Gasteiger charge is -2.34. The molecule has 31 heavy (non-hydrogen) atoms. The Hall–Kier alpha value is -3.03. The van der Waals surface area contributed by atoms with Gasteiger partial charge in [-0.15, -0.1) is 0 Å². The second-order valence-electron chi connectivity index (χ2n) is 9.41. The van der Waals surface area contributed by atoms with E-state index in [9.17, 15) is 14.4 Å². The van der Waals surface area contributed by atoms with Crippen LogP contribution in [0.1, 0.15) is 51.8 Å². The molecule has 0 spiro atoms. The van der Waals surface area contributed by atoms with E-state index in [-0.39, 0.29) is 41.2 Å². The highest BCUT2D eigenvalue weighted by molar-refractivity contribution is 5.89. The van der Waals surface area contributed by atoms with Crippen molar-refractivity contribution < 1.29 is 9.59 Å². The number of carbonyl (C=O) groups excluding carboxylic acids is 2. The lowest BCUT2D eigenvalue weighted by Crippen LogP contribution is -2.45. The van der Waals surface area contributed by atoms with E-state index in [0.29, 0.717) is 36.8 Å². The molecule has 1 N–H and O–H groups in total. The first-order valence-electron chi connectivity index (χ1n) is 10.8. The molecule has 0 radical (unpaired) electrons. The van der Waals surface area contributed by atoms with Crippen LogP contribution in [0.15, 0.2) is 35.3 Å². The normalized spacial score (nSPS) is 20.4. The number of aromatic nitrogens is 3. The Morgan fingerprint density at radius 2 is 1.87 bits per heavy atom. The van der Waals surface area contributed by atoms with Crippen molar-refractivity contribution in [1.82, 2.24) is 24.8 Å². The summed E-state index contributed by atoms with van der Waals surface area (Å²) >= 11 is 0. The van der Waals surface area contributed by atoms with Gasteiger partial charge in [-0.2, -0.15) is 0 Å². The van der Waals surface area contributed by atoms with Crippen LogP contribution in [0.3, 0.4) is 0 Å². The van der Waals surface area contributed by atoms with Crippen molar-refractivity contribution in [3.63, 3.8) is 0 Å². The maximum absolute atomic E-state index is 13.0. The molecule has 1 atom stereocenters. The number of H-pyrrole nitrogens is 1. The third-order valence-electron chi connectivity index (χ3n) is 6.16. The summed E-state index contributed by atoms with van der Waals surface area (Å²) in [5.74, 6) is 0.566. The number of carbonyl (C=O) groups is 2. The van der Waals surface area contributed by atoms with E-state index < -0.39 is 0 Å². The number of piperidine rings is 1. The van der Waals surface area contributed by atoms with Crippen LogP contribution in [0.4, 0.5) is 0 Å². The van der Waals surface area contributed by atoms with Gasteiger partial charge in [-0.1, -0.05) is 6.07 Å². The number of nitrogens with one attached hydrogen (secondary N) is 1. The molecule has 2 saturated heterocycles. The van der Waals surface area contributed by atoms with E-state index in [1.54, 1.807) is 11.1 Å². The number of hydrogen-bond donors (Lipinski definition) is 1. The molecule has 4 rings (SSSR count). The van der Waals surface area contributed by atoms with Gasteiger partial charge in [-0.3, -0.25) is 19.4 Å². The summed E-state index contributed by atoms with van der Waals surface area (Å²) in [6, 6.07) is 6.98. The largest absolute Gasteiger partial charge is 0.342 e. The predicted octanol–water partition coefficient (Wildman–Crippen LogP) is 2.18. The Morgan fingerprint density at radius 3 is 2.48 bits per heavy atom. The van der Waals surface area contributed by atoms with Crippen LogP contribution < -0.4 is 5.56 Å². The number of nitrogens with zero attached hydrogens (tertiary/aromatic N) is 4. The molecule has 8 heteroatoms. The molecule has 2 aliphatic rings. The van der Waals surface area contributed by atoms with Crippen molar-refractivity contribution in [3.8, 4) is 11.4 Å². The zero-order valence-corrected chi connectivity index (χ0v) is 18.3. The molecule has 0 saturated carbocycles. The molecule has 4 heterocycles. The summed E-state index contributed by atoms with van der Waals surface area (Å²) in [7, 11) is 0. The highest BCUT2D eigenvalue weighted by Gasteiger charge is 2.41. The predicted molar refractivity (Wildman–Crippen MR) is 116 cm³/mol. The molecule has 8 nitrogen and oxygen atoms in total. The lowest BCUT2D eigenvalue weighted by molar-refractivity contribution is -0.136. The minimum absolute atomic E-state index is 0.0499. The fourth-order valence-electron chi connectivity index (χ4n) is 4.47. The van der Waals surface area contributed by atoms with Gasteiger partial charge in [-0.05, 0) is 45.7 Å². The van der Waals surface area contributed by atoms with Gasteiger partial charge in [0.2, 0.25) is 11.8 Å². The third kappa shape index (κ3) is 4.52. The van der Waals surface area contributed by atoms with Crippen molar-refractivity contribution in [2.24, 2.45) is 5.92 Å². The molecule has 164 valence electrons. The number of hydrogen-bond acceptors (Lipinski definition) is 5. The van der Waals surface area contributed by atoms with Crippen LogP contribution in [0.5, 0.6) is 0 Å². The van der Waals surface area contributed by atoms with E-state index in [4.69, 9.17) is 0 Å². The van der Waals surface area contributed by atoms with Crippen molar-refractivity contribution in [3.05, 3.63) is 46.6 Å². The molecule has 0 bridgehead atoms. The average Bonchev–Trinajstić information content (AvgIpc) is 3.16. The van der Waals surface area contributed by atoms with Crippen molar-refractivity contribution in [1.29, 1.82) is 0 Å². The summed E-state index contributed by atoms with van der Waals surface area (Å²) in [5.41, 5.74) is 0.757. The van der Waals surface area contributed by atoms with Crippen molar-refractivity contribution in [2.75, 3.05) is 19.6 Å². The summed E-state index contributed by atoms with van der Waals surface area (Å²) in [4.78, 5) is 53.0. The highest BCUT2D eigenvalue weighted by Crippen LogP contribution is 2.30. The van der Waals surface area contributed by atoms with Gasteiger partial charge in [0.1, 0.15) is 5.82 Å². The minimum atomic E-state index is -0.270. The standard InChI is InChI=1S/C23H29N5O3/c1-23(2,3)28-14-16(12-20(28)30)22(31)27-10-7-15(8-11-27)21-25-18(13-19(29)26-21)17-6-4-5-9-24-17/h4-6,9,13,15-16H,7-8,10-12,14H2,1-3H3,(H,25,26,29). The topological polar surface area (TPSA) is 99.3 Å². The SMILES string of the molecule is CC(C)(C)N1CC(C(=O)N2CCC(c3nc(-c4ccccn4)cc(=O)[nH]3)CC2)CC1=O. The summed E-state index contributed by atoms with van der Waals surface area (Å²) in [5, 5.41) is 0. The number of aromatic amines is 1. The second kappa shape index (κ2) is 8.24. The van der Waals surface area contributed by atoms with Gasteiger partial charge in [0.25, 0.3) is 5.56 Å². The molecular weight excluding hydrogens is 394 g/mol. The quantitative estimate of drug-likeness (QED) is 0.816. The zero-order chi connectivity index (χ0) is 22.2. The third-order valence-corrected chi connectivity index (χ3v) is 6.16. The monoisotopic (exact) mass is 423 g/mol. The molecule has 2 amide bonds. The van der Waals surface area contributed by atoms with Gasteiger partial charge in [0, 0.05) is 49.8 Å². The molecule has 2 aliphatic heterocycles. The number of pyridine rings is 1. The van der Waals surface area contributed by atoms with Crippen LogP contribution in [0.2, 0.25) is 0 Å². The minimum Gasteiger partial charge on any atom is -0.342 e. The molecule has 2 fully saturated rings. The Bertz CT molecular complexity index is 1020. The van der Waals surface area contributed by atoms with Gasteiger partial charge in [-0.25, -0.2) is 4.98 Å². The molecule has 2 aromatic heterocycles. The lowest BCUT2D eigenvalue weighted by atomic mass is 9.94. The van der Waals surface area contributed by atoms with Crippen molar-refractivity contribution >= 4 is 11.8 Å². The summed E-state index contributed by atoms with van der Waals surface area (Å²) in [6.45, 7) is 7.67. The van der Waals surface area contributed by atoms with E-state index in [2.05, 4.69) is 15.0 Å². The Morgan fingerprint density at radius 1 is 1.13 bits per heavy atom. The maximum Gasteiger partial charge on any atom is 0.251 e. The van der Waals surface area contributed by atoms with E-state index in [1.165, 1.54) is 6.07 Å². The Labute approximate surface area is 181 Å². The highest BCUT2D eigenvalue weighted by atomic mass is 16.2. The van der Waals surface area contributed by atoms with Crippen LogP contribution in [-0.2, 0) is 9.59 Å². The summed E-state index contributed by atoms with van der Waals surface area (Å²) in [6.07, 6.45) is 3.42. The van der Waals surface area contributed by atoms with Gasteiger partial charge in [0.15, 0.2) is 0 Å². The molecule has 0 aromatic carbocycles. The van der Waals surface area contributed by atoms with Crippen LogP contribution in [0, 0.1) is 5.92 Å². The molecular formula is C23H29N5O3. The maximum atomic E-state index is 13.0. The van der Waals surface area contributed by atoms with Crippen LogP contribution in [0.25, 0.3) is 11.4 Å². The molecule has 1 unspecified atom stereocenters. The Kier molecular flexibility index (Phi) is 5.64. The Balaban J connectivity index is 1.41. The van der Waals surface area contributed by atoms with Crippen LogP contribution >= 0.6 is 0 Å². The first-order chi connectivity index (χ1) is 14.7. The van der Waals surface area contributed by atoms with Crippen molar-refractivity contribution in [2.45, 2.75) is 51.5 Å². The van der Waals surface area contributed by atoms with Gasteiger partial charge >= 0.3 is 0 Å². The fraction of sp³-hybridized carbons (Fsp3) is 0.522. The van der Waals surface area contributed by atoms with E-state index in [1.807, 2.05) is 43.9 Å². The number of likely N-dealkylation sites (tertiary alicyclic amines) is 2. The second-order valence-corrected chi connectivity index (χ2v) is 9.41. The number of amides is 2. The first kappa shape index (κ1) is 21.2. The van der Waals surface area contributed by atoms with Gasteiger partial charge < -0.3 is 14.8 Å². The fourth-order valence-corrected chi connectivity index (χ4v) is 4.47. The number of rotatable bonds is 3. The zero-order valence-electron chi connectivity index (χ0n) is 18.3. The van der Waals surface area contributed by atoms with E-state index >= 15 is 0 Å². The smallest absolute Gasteiger partial charge is 0.251 e. The summed E-state index contributed by atoms with van der Waals surface area (Å²) < 4.78 is 0. The first-order valence-corrected chi connectivity index (χ1v) is 10.8.